The highest BCUT2D eigenvalue weighted by molar-refractivity contribution is 9.10. The minimum absolute atomic E-state index is 0.00319. The van der Waals surface area contributed by atoms with Gasteiger partial charge in [0.1, 0.15) is 0 Å². The van der Waals surface area contributed by atoms with Gasteiger partial charge in [0, 0.05) is 35.2 Å². The second-order valence-corrected chi connectivity index (χ2v) is 7.82. The summed E-state index contributed by atoms with van der Waals surface area (Å²) in [6, 6.07) is 17.3. The summed E-state index contributed by atoms with van der Waals surface area (Å²) >= 11 is 3.47. The minimum Gasteiger partial charge on any atom is -0.459 e. The lowest BCUT2D eigenvalue weighted by Gasteiger charge is -2.37. The van der Waals surface area contributed by atoms with Crippen molar-refractivity contribution in [3.8, 4) is 0 Å². The zero-order valence-electron chi connectivity index (χ0n) is 16.4. The van der Waals surface area contributed by atoms with Crippen LogP contribution in [0.1, 0.15) is 31.2 Å². The SMILES string of the molecule is CCO[C@@H]1OC(C(=O)Nc2ccccc2)=C[C@H](c2ccc(Br)cc2)[C@@H]1CCCO. The van der Waals surface area contributed by atoms with Crippen LogP contribution in [0.25, 0.3) is 0 Å². The molecule has 2 aromatic carbocycles. The molecule has 2 N–H and O–H groups in total. The van der Waals surface area contributed by atoms with Crippen LogP contribution in [0.5, 0.6) is 0 Å². The highest BCUT2D eigenvalue weighted by Crippen LogP contribution is 2.39. The number of carbonyl (C=O) groups is 1. The summed E-state index contributed by atoms with van der Waals surface area (Å²) in [5, 5.41) is 12.2. The molecular weight excluding hydrogens is 434 g/mol. The van der Waals surface area contributed by atoms with Crippen molar-refractivity contribution in [3.63, 3.8) is 0 Å². The summed E-state index contributed by atoms with van der Waals surface area (Å²) in [6.45, 7) is 2.48. The van der Waals surface area contributed by atoms with Gasteiger partial charge in [0.25, 0.3) is 5.91 Å². The van der Waals surface area contributed by atoms with Crippen LogP contribution in [0.4, 0.5) is 5.69 Å². The number of hydrogen-bond donors (Lipinski definition) is 2. The number of anilines is 1. The molecule has 1 aliphatic heterocycles. The van der Waals surface area contributed by atoms with E-state index in [0.717, 1.165) is 16.5 Å². The summed E-state index contributed by atoms with van der Waals surface area (Å²) in [5.41, 5.74) is 1.78. The number of aliphatic hydroxyl groups is 1. The molecule has 0 unspecified atom stereocenters. The lowest BCUT2D eigenvalue weighted by atomic mass is 9.80. The van der Waals surface area contributed by atoms with E-state index < -0.39 is 6.29 Å². The summed E-state index contributed by atoms with van der Waals surface area (Å²) in [4.78, 5) is 12.9. The van der Waals surface area contributed by atoms with E-state index in [2.05, 4.69) is 21.2 Å². The van der Waals surface area contributed by atoms with E-state index in [1.807, 2.05) is 67.6 Å². The smallest absolute Gasteiger partial charge is 0.290 e. The van der Waals surface area contributed by atoms with Crippen LogP contribution < -0.4 is 5.32 Å². The first kappa shape index (κ1) is 21.6. The Kier molecular flexibility index (Phi) is 7.86. The van der Waals surface area contributed by atoms with Gasteiger partial charge in [-0.05, 0) is 55.7 Å². The van der Waals surface area contributed by atoms with Gasteiger partial charge >= 0.3 is 0 Å². The second-order valence-electron chi connectivity index (χ2n) is 6.90. The molecule has 3 rings (SSSR count). The van der Waals surface area contributed by atoms with E-state index in [0.29, 0.717) is 18.7 Å². The summed E-state index contributed by atoms with van der Waals surface area (Å²) < 4.78 is 12.8. The van der Waals surface area contributed by atoms with Gasteiger partial charge in [-0.1, -0.05) is 46.3 Å². The summed E-state index contributed by atoms with van der Waals surface area (Å²) in [6.07, 6.45) is 2.69. The van der Waals surface area contributed by atoms with E-state index in [4.69, 9.17) is 9.47 Å². The Balaban J connectivity index is 1.92. The minimum atomic E-state index is -0.554. The molecule has 1 heterocycles. The van der Waals surface area contributed by atoms with Crippen LogP contribution in [-0.4, -0.2) is 30.5 Å². The van der Waals surface area contributed by atoms with Crippen LogP contribution in [0.3, 0.4) is 0 Å². The Morgan fingerprint density at radius 3 is 2.55 bits per heavy atom. The molecular formula is C23H26BrNO4. The molecule has 154 valence electrons. The lowest BCUT2D eigenvalue weighted by molar-refractivity contribution is -0.165. The molecule has 6 heteroatoms. The van der Waals surface area contributed by atoms with E-state index in [-0.39, 0.29) is 30.1 Å². The number of nitrogens with one attached hydrogen (secondary N) is 1. The lowest BCUT2D eigenvalue weighted by Crippen LogP contribution is -2.37. The Bertz CT molecular complexity index is 823. The van der Waals surface area contributed by atoms with Gasteiger partial charge in [-0.15, -0.1) is 0 Å². The van der Waals surface area contributed by atoms with Crippen molar-refractivity contribution in [2.24, 2.45) is 5.92 Å². The van der Waals surface area contributed by atoms with Crippen LogP contribution in [-0.2, 0) is 14.3 Å². The number of ether oxygens (including phenoxy) is 2. The highest BCUT2D eigenvalue weighted by atomic mass is 79.9. The second kappa shape index (κ2) is 10.6. The monoisotopic (exact) mass is 459 g/mol. The highest BCUT2D eigenvalue weighted by Gasteiger charge is 2.37. The van der Waals surface area contributed by atoms with E-state index in [1.54, 1.807) is 0 Å². The zero-order chi connectivity index (χ0) is 20.6. The topological polar surface area (TPSA) is 67.8 Å². The fourth-order valence-corrected chi connectivity index (χ4v) is 3.81. The molecule has 2 aromatic rings. The van der Waals surface area contributed by atoms with Crippen molar-refractivity contribution in [1.29, 1.82) is 0 Å². The number of para-hydroxylation sites is 1. The van der Waals surface area contributed by atoms with Gasteiger partial charge in [0.2, 0.25) is 6.29 Å². The first-order valence-corrected chi connectivity index (χ1v) is 10.6. The van der Waals surface area contributed by atoms with Crippen molar-refractivity contribution >= 4 is 27.5 Å². The number of amides is 1. The maximum Gasteiger partial charge on any atom is 0.290 e. The first-order chi connectivity index (χ1) is 14.1. The first-order valence-electron chi connectivity index (χ1n) is 9.85. The van der Waals surface area contributed by atoms with Crippen LogP contribution >= 0.6 is 15.9 Å². The van der Waals surface area contributed by atoms with Gasteiger partial charge in [0.15, 0.2) is 5.76 Å². The number of hydrogen-bond acceptors (Lipinski definition) is 4. The number of carbonyl (C=O) groups excluding carboxylic acids is 1. The molecule has 0 spiro atoms. The predicted molar refractivity (Wildman–Crippen MR) is 116 cm³/mol. The number of allylic oxidation sites excluding steroid dienone is 1. The normalized spacial score (nSPS) is 21.2. The molecule has 5 nitrogen and oxygen atoms in total. The average molecular weight is 460 g/mol. The molecule has 3 atom stereocenters. The zero-order valence-corrected chi connectivity index (χ0v) is 18.0. The van der Waals surface area contributed by atoms with Crippen molar-refractivity contribution in [3.05, 3.63) is 76.5 Å². The largest absolute Gasteiger partial charge is 0.459 e. The molecule has 0 aromatic heterocycles. The Morgan fingerprint density at radius 1 is 1.17 bits per heavy atom. The van der Waals surface area contributed by atoms with E-state index in [9.17, 15) is 9.90 Å². The summed E-state index contributed by atoms with van der Waals surface area (Å²) in [7, 11) is 0. The number of halogens is 1. The molecule has 0 saturated carbocycles. The van der Waals surface area contributed by atoms with Gasteiger partial charge in [0.05, 0.1) is 0 Å². The summed E-state index contributed by atoms with van der Waals surface area (Å²) in [5.74, 6) is -0.114. The fraction of sp³-hybridized carbons (Fsp3) is 0.348. The Labute approximate surface area is 179 Å². The Morgan fingerprint density at radius 2 is 1.90 bits per heavy atom. The van der Waals surface area contributed by atoms with Crippen molar-refractivity contribution in [2.45, 2.75) is 32.0 Å². The number of aliphatic hydroxyl groups excluding tert-OH is 1. The van der Waals surface area contributed by atoms with Gasteiger partial charge in [-0.2, -0.15) is 0 Å². The third kappa shape index (κ3) is 5.69. The number of rotatable bonds is 8. The van der Waals surface area contributed by atoms with Crippen LogP contribution in [0.15, 0.2) is 70.9 Å². The van der Waals surface area contributed by atoms with Crippen LogP contribution in [0, 0.1) is 5.92 Å². The maximum atomic E-state index is 12.9. The molecule has 0 bridgehead atoms. The van der Waals surface area contributed by atoms with Crippen molar-refractivity contribution in [1.82, 2.24) is 0 Å². The molecule has 1 aliphatic rings. The van der Waals surface area contributed by atoms with E-state index >= 15 is 0 Å². The molecule has 0 aliphatic carbocycles. The van der Waals surface area contributed by atoms with Crippen LogP contribution in [0.2, 0.25) is 0 Å². The van der Waals surface area contributed by atoms with E-state index in [1.165, 1.54) is 0 Å². The standard InChI is InChI=1S/C23H26BrNO4/c1-2-28-23-19(9-6-14-26)20(16-10-12-17(24)13-11-16)15-21(29-23)22(27)25-18-7-4-3-5-8-18/h3-5,7-8,10-13,15,19-20,23,26H,2,6,9,14H2,1H3,(H,25,27)/t19-,20+,23+/m0/s1. The number of benzene rings is 2. The molecule has 29 heavy (non-hydrogen) atoms. The fourth-order valence-electron chi connectivity index (χ4n) is 3.54. The molecule has 0 fully saturated rings. The third-order valence-electron chi connectivity index (χ3n) is 4.92. The molecule has 0 saturated heterocycles. The quantitative estimate of drug-likeness (QED) is 0.592. The van der Waals surface area contributed by atoms with Gasteiger partial charge < -0.3 is 19.9 Å². The average Bonchev–Trinajstić information content (AvgIpc) is 2.74. The molecule has 0 radical (unpaired) electrons. The third-order valence-corrected chi connectivity index (χ3v) is 5.45. The van der Waals surface area contributed by atoms with Crippen molar-refractivity contribution < 1.29 is 19.4 Å². The van der Waals surface area contributed by atoms with Gasteiger partial charge in [-0.25, -0.2) is 0 Å². The maximum absolute atomic E-state index is 12.9. The Hall–Kier alpha value is -2.15. The predicted octanol–water partition coefficient (Wildman–Crippen LogP) is 4.84. The van der Waals surface area contributed by atoms with Crippen molar-refractivity contribution in [2.75, 3.05) is 18.5 Å². The van der Waals surface area contributed by atoms with Gasteiger partial charge in [-0.3, -0.25) is 4.79 Å². The molecule has 1 amide bonds.